The first-order valence-electron chi connectivity index (χ1n) is 7.48. The van der Waals surface area contributed by atoms with Crippen LogP contribution in [0.1, 0.15) is 17.0 Å². The Hall–Kier alpha value is -2.27. The molecule has 0 spiro atoms. The second-order valence-electron chi connectivity index (χ2n) is 5.90. The third-order valence-corrected chi connectivity index (χ3v) is 4.32. The molecular formula is C18H17F2NO2. The molecule has 2 aromatic rings. The van der Waals surface area contributed by atoms with Crippen molar-refractivity contribution in [1.82, 2.24) is 4.90 Å². The van der Waals surface area contributed by atoms with Crippen molar-refractivity contribution in [1.29, 1.82) is 0 Å². The fourth-order valence-corrected chi connectivity index (χ4v) is 3.22. The maximum absolute atomic E-state index is 14.0. The molecule has 120 valence electrons. The molecule has 3 rings (SSSR count). The van der Waals surface area contributed by atoms with Gasteiger partial charge in [0.1, 0.15) is 11.6 Å². The van der Waals surface area contributed by atoms with Crippen LogP contribution in [-0.4, -0.2) is 29.1 Å². The number of halogens is 2. The van der Waals surface area contributed by atoms with Crippen LogP contribution in [0.15, 0.2) is 48.5 Å². The highest BCUT2D eigenvalue weighted by Gasteiger charge is 2.39. The monoisotopic (exact) mass is 317 g/mol. The number of carboxylic acid groups (broad SMARTS) is 1. The number of hydrogen-bond donors (Lipinski definition) is 1. The SMILES string of the molecule is O=C(O)C1CN(Cc2ccccc2)CC1c1cc(F)ccc1F. The van der Waals surface area contributed by atoms with E-state index in [4.69, 9.17) is 0 Å². The first kappa shape index (κ1) is 15.6. The van der Waals surface area contributed by atoms with E-state index in [2.05, 4.69) is 0 Å². The van der Waals surface area contributed by atoms with Gasteiger partial charge in [-0.15, -0.1) is 0 Å². The number of carbonyl (C=O) groups is 1. The molecule has 2 aromatic carbocycles. The van der Waals surface area contributed by atoms with Gasteiger partial charge in [-0.25, -0.2) is 8.78 Å². The van der Waals surface area contributed by atoms with Crippen LogP contribution in [0.25, 0.3) is 0 Å². The summed E-state index contributed by atoms with van der Waals surface area (Å²) < 4.78 is 27.5. The van der Waals surface area contributed by atoms with E-state index in [1.807, 2.05) is 35.2 Å². The van der Waals surface area contributed by atoms with Gasteiger partial charge in [-0.05, 0) is 29.3 Å². The van der Waals surface area contributed by atoms with Crippen molar-refractivity contribution in [3.8, 4) is 0 Å². The average Bonchev–Trinajstić information content (AvgIpc) is 2.94. The van der Waals surface area contributed by atoms with E-state index in [1.165, 1.54) is 0 Å². The molecule has 0 amide bonds. The molecule has 2 atom stereocenters. The summed E-state index contributed by atoms with van der Waals surface area (Å²) in [6.07, 6.45) is 0. The zero-order valence-electron chi connectivity index (χ0n) is 12.5. The molecule has 1 N–H and O–H groups in total. The number of aliphatic carboxylic acids is 1. The van der Waals surface area contributed by atoms with Crippen LogP contribution in [0.5, 0.6) is 0 Å². The van der Waals surface area contributed by atoms with Gasteiger partial charge < -0.3 is 5.11 Å². The van der Waals surface area contributed by atoms with Crippen molar-refractivity contribution in [2.75, 3.05) is 13.1 Å². The summed E-state index contributed by atoms with van der Waals surface area (Å²) in [6.45, 7) is 1.31. The summed E-state index contributed by atoms with van der Waals surface area (Å²) in [7, 11) is 0. The highest BCUT2D eigenvalue weighted by atomic mass is 19.1. The first-order valence-corrected chi connectivity index (χ1v) is 7.48. The number of likely N-dealkylation sites (tertiary alicyclic amines) is 1. The normalized spacial score (nSPS) is 21.5. The maximum atomic E-state index is 14.0. The summed E-state index contributed by atoms with van der Waals surface area (Å²) in [6, 6.07) is 12.9. The zero-order chi connectivity index (χ0) is 16.4. The summed E-state index contributed by atoms with van der Waals surface area (Å²) >= 11 is 0. The summed E-state index contributed by atoms with van der Waals surface area (Å²) in [5, 5.41) is 9.45. The molecule has 1 aliphatic rings. The Morgan fingerprint density at radius 2 is 1.87 bits per heavy atom. The van der Waals surface area contributed by atoms with Gasteiger partial charge in [0, 0.05) is 25.6 Å². The summed E-state index contributed by atoms with van der Waals surface area (Å²) in [5.41, 5.74) is 1.21. The van der Waals surface area contributed by atoms with Crippen molar-refractivity contribution < 1.29 is 18.7 Å². The largest absolute Gasteiger partial charge is 0.481 e. The molecule has 0 saturated carbocycles. The third kappa shape index (κ3) is 3.40. The summed E-state index contributed by atoms with van der Waals surface area (Å²) in [5.74, 6) is -3.37. The first-order chi connectivity index (χ1) is 11.0. The highest BCUT2D eigenvalue weighted by Crippen LogP contribution is 2.35. The molecular weight excluding hydrogens is 300 g/mol. The molecule has 1 aliphatic heterocycles. The van der Waals surface area contributed by atoms with E-state index in [0.29, 0.717) is 19.6 Å². The fraction of sp³-hybridized carbons (Fsp3) is 0.278. The average molecular weight is 317 g/mol. The van der Waals surface area contributed by atoms with Crippen LogP contribution in [0.2, 0.25) is 0 Å². The van der Waals surface area contributed by atoms with Crippen molar-refractivity contribution in [3.63, 3.8) is 0 Å². The predicted molar refractivity (Wildman–Crippen MR) is 81.9 cm³/mol. The van der Waals surface area contributed by atoms with Crippen molar-refractivity contribution in [2.45, 2.75) is 12.5 Å². The lowest BCUT2D eigenvalue weighted by molar-refractivity contribution is -0.141. The fourth-order valence-electron chi connectivity index (χ4n) is 3.22. The highest BCUT2D eigenvalue weighted by molar-refractivity contribution is 5.72. The van der Waals surface area contributed by atoms with E-state index in [9.17, 15) is 18.7 Å². The van der Waals surface area contributed by atoms with E-state index >= 15 is 0 Å². The van der Waals surface area contributed by atoms with Gasteiger partial charge in [-0.2, -0.15) is 0 Å². The predicted octanol–water partition coefficient (Wildman–Crippen LogP) is 3.27. The van der Waals surface area contributed by atoms with Gasteiger partial charge in [0.2, 0.25) is 0 Å². The lowest BCUT2D eigenvalue weighted by atomic mass is 9.88. The molecule has 0 radical (unpaired) electrons. The van der Waals surface area contributed by atoms with Crippen LogP contribution in [0.4, 0.5) is 8.78 Å². The van der Waals surface area contributed by atoms with Crippen molar-refractivity contribution in [3.05, 3.63) is 71.3 Å². The Labute approximate surface area is 133 Å². The maximum Gasteiger partial charge on any atom is 0.308 e. The number of hydrogen-bond acceptors (Lipinski definition) is 2. The Morgan fingerprint density at radius 1 is 1.13 bits per heavy atom. The quantitative estimate of drug-likeness (QED) is 0.941. The summed E-state index contributed by atoms with van der Waals surface area (Å²) in [4.78, 5) is 13.5. The minimum Gasteiger partial charge on any atom is -0.481 e. The minimum absolute atomic E-state index is 0.146. The molecule has 0 aromatic heterocycles. The Kier molecular flexibility index (Phi) is 4.39. The van der Waals surface area contributed by atoms with E-state index in [-0.39, 0.29) is 5.56 Å². The van der Waals surface area contributed by atoms with Gasteiger partial charge in [0.15, 0.2) is 0 Å². The topological polar surface area (TPSA) is 40.5 Å². The number of rotatable bonds is 4. The van der Waals surface area contributed by atoms with Gasteiger partial charge in [-0.1, -0.05) is 30.3 Å². The third-order valence-electron chi connectivity index (χ3n) is 4.32. The van der Waals surface area contributed by atoms with Crippen molar-refractivity contribution in [2.24, 2.45) is 5.92 Å². The van der Waals surface area contributed by atoms with Crippen LogP contribution >= 0.6 is 0 Å². The lowest BCUT2D eigenvalue weighted by Gasteiger charge is -2.17. The number of benzene rings is 2. The second kappa shape index (κ2) is 6.46. The molecule has 1 heterocycles. The Bertz CT molecular complexity index is 705. The van der Waals surface area contributed by atoms with E-state index in [1.54, 1.807) is 0 Å². The van der Waals surface area contributed by atoms with Gasteiger partial charge >= 0.3 is 5.97 Å². The zero-order valence-corrected chi connectivity index (χ0v) is 12.5. The minimum atomic E-state index is -0.978. The smallest absolute Gasteiger partial charge is 0.308 e. The Balaban J connectivity index is 1.84. The van der Waals surface area contributed by atoms with Crippen LogP contribution in [0.3, 0.4) is 0 Å². The number of nitrogens with zero attached hydrogens (tertiary/aromatic N) is 1. The molecule has 1 fully saturated rings. The Morgan fingerprint density at radius 3 is 2.57 bits per heavy atom. The number of carboxylic acids is 1. The molecule has 23 heavy (non-hydrogen) atoms. The van der Waals surface area contributed by atoms with E-state index in [0.717, 1.165) is 23.8 Å². The van der Waals surface area contributed by atoms with Crippen LogP contribution < -0.4 is 0 Å². The molecule has 0 bridgehead atoms. The van der Waals surface area contributed by atoms with Gasteiger partial charge in [0.25, 0.3) is 0 Å². The molecule has 1 saturated heterocycles. The molecule has 2 unspecified atom stereocenters. The lowest BCUT2D eigenvalue weighted by Crippen LogP contribution is -2.23. The standard InChI is InChI=1S/C18H17F2NO2/c19-13-6-7-17(20)14(8-13)15-10-21(11-16(15)18(22)23)9-12-4-2-1-3-5-12/h1-8,15-16H,9-11H2,(H,22,23). The molecule has 0 aliphatic carbocycles. The van der Waals surface area contributed by atoms with Crippen LogP contribution in [-0.2, 0) is 11.3 Å². The van der Waals surface area contributed by atoms with E-state index < -0.39 is 29.4 Å². The second-order valence-corrected chi connectivity index (χ2v) is 5.90. The van der Waals surface area contributed by atoms with Crippen LogP contribution in [0, 0.1) is 17.6 Å². The van der Waals surface area contributed by atoms with Crippen molar-refractivity contribution >= 4 is 5.97 Å². The van der Waals surface area contributed by atoms with Gasteiger partial charge in [0.05, 0.1) is 5.92 Å². The molecule has 5 heteroatoms. The van der Waals surface area contributed by atoms with Gasteiger partial charge in [-0.3, -0.25) is 9.69 Å². The molecule has 3 nitrogen and oxygen atoms in total.